The number of aromatic carboxylic acids is 1. The fraction of sp³-hybridized carbons (Fsp3) is 0.125. The number of benzene rings is 1. The maximum absolute atomic E-state index is 13.7. The largest absolute Gasteiger partial charge is 0.477 e. The fourth-order valence-corrected chi connectivity index (χ4v) is 2.32. The molecule has 3 aromatic rings. The Balaban J connectivity index is 1.97. The second-order valence-electron chi connectivity index (χ2n) is 5.22. The molecule has 0 saturated carbocycles. The predicted octanol–water partition coefficient (Wildman–Crippen LogP) is 2.23. The summed E-state index contributed by atoms with van der Waals surface area (Å²) in [7, 11) is 0. The summed E-state index contributed by atoms with van der Waals surface area (Å²) in [5, 5.41) is 12.7. The molecule has 25 heavy (non-hydrogen) atoms. The molecule has 128 valence electrons. The van der Waals surface area contributed by atoms with Gasteiger partial charge in [-0.05, 0) is 30.7 Å². The number of rotatable bonds is 4. The van der Waals surface area contributed by atoms with E-state index in [4.69, 9.17) is 9.63 Å². The number of hydrogen-bond donors (Lipinski definition) is 1. The van der Waals surface area contributed by atoms with Gasteiger partial charge in [-0.15, -0.1) is 0 Å². The average molecular weight is 347 g/mol. The standard InChI is InChI=1S/C16H11F2N3O4/c1-8-5-6-21(15(22)12(8)16(23)24)7-11-19-14(25-20-11)13-9(17)3-2-4-10(13)18/h2-6H,7H2,1H3,(H,23,24). The first-order chi connectivity index (χ1) is 11.9. The van der Waals surface area contributed by atoms with Gasteiger partial charge < -0.3 is 14.2 Å². The Morgan fingerprint density at radius 3 is 2.60 bits per heavy atom. The third-order valence-corrected chi connectivity index (χ3v) is 3.54. The van der Waals surface area contributed by atoms with E-state index in [0.717, 1.165) is 16.7 Å². The maximum Gasteiger partial charge on any atom is 0.341 e. The SMILES string of the molecule is Cc1ccn(Cc2noc(-c3c(F)cccc3F)n2)c(=O)c1C(=O)O. The van der Waals surface area contributed by atoms with E-state index in [1.54, 1.807) is 0 Å². The molecule has 0 atom stereocenters. The summed E-state index contributed by atoms with van der Waals surface area (Å²) in [6.45, 7) is 1.29. The molecule has 0 bridgehead atoms. The molecule has 0 amide bonds. The first-order valence-electron chi connectivity index (χ1n) is 7.08. The molecule has 0 aliphatic rings. The first-order valence-corrected chi connectivity index (χ1v) is 7.08. The second kappa shape index (κ2) is 6.27. The lowest BCUT2D eigenvalue weighted by Gasteiger charge is -2.05. The van der Waals surface area contributed by atoms with Crippen LogP contribution in [-0.4, -0.2) is 25.8 Å². The van der Waals surface area contributed by atoms with Crippen molar-refractivity contribution in [3.63, 3.8) is 0 Å². The van der Waals surface area contributed by atoms with Crippen molar-refractivity contribution in [1.82, 2.24) is 14.7 Å². The van der Waals surface area contributed by atoms with E-state index in [2.05, 4.69) is 10.1 Å². The summed E-state index contributed by atoms with van der Waals surface area (Å²) in [6, 6.07) is 4.75. The Kier molecular flexibility index (Phi) is 4.14. The number of nitrogens with zero attached hydrogens (tertiary/aromatic N) is 3. The van der Waals surface area contributed by atoms with E-state index in [9.17, 15) is 18.4 Å². The number of aryl methyl sites for hydroxylation is 1. The van der Waals surface area contributed by atoms with Crippen molar-refractivity contribution in [2.75, 3.05) is 0 Å². The van der Waals surface area contributed by atoms with Crippen LogP contribution in [0.15, 0.2) is 39.8 Å². The zero-order chi connectivity index (χ0) is 18.1. The Bertz CT molecular complexity index is 1010. The van der Waals surface area contributed by atoms with E-state index in [1.807, 2.05) is 0 Å². The van der Waals surface area contributed by atoms with Crippen molar-refractivity contribution < 1.29 is 23.2 Å². The van der Waals surface area contributed by atoms with Crippen LogP contribution < -0.4 is 5.56 Å². The van der Waals surface area contributed by atoms with Gasteiger partial charge in [-0.1, -0.05) is 11.2 Å². The highest BCUT2D eigenvalue weighted by Crippen LogP contribution is 2.24. The van der Waals surface area contributed by atoms with Crippen LogP contribution in [0.4, 0.5) is 8.78 Å². The third-order valence-electron chi connectivity index (χ3n) is 3.54. The Hall–Kier alpha value is -3.36. The minimum atomic E-state index is -1.35. The van der Waals surface area contributed by atoms with Crippen molar-refractivity contribution in [2.24, 2.45) is 0 Å². The normalized spacial score (nSPS) is 10.8. The molecule has 2 aromatic heterocycles. The topological polar surface area (TPSA) is 98.2 Å². The van der Waals surface area contributed by atoms with Gasteiger partial charge in [0.1, 0.15) is 22.8 Å². The van der Waals surface area contributed by atoms with Gasteiger partial charge >= 0.3 is 5.97 Å². The van der Waals surface area contributed by atoms with E-state index in [0.29, 0.717) is 5.56 Å². The van der Waals surface area contributed by atoms with Gasteiger partial charge in [-0.2, -0.15) is 4.98 Å². The summed E-state index contributed by atoms with van der Waals surface area (Å²) in [5.41, 5.74) is -1.26. The van der Waals surface area contributed by atoms with Crippen LogP contribution in [0.25, 0.3) is 11.5 Å². The average Bonchev–Trinajstić information content (AvgIpc) is 2.98. The zero-order valence-electron chi connectivity index (χ0n) is 12.9. The predicted molar refractivity (Wildman–Crippen MR) is 81.2 cm³/mol. The highest BCUT2D eigenvalue weighted by molar-refractivity contribution is 5.88. The van der Waals surface area contributed by atoms with Crippen molar-refractivity contribution in [1.29, 1.82) is 0 Å². The van der Waals surface area contributed by atoms with Crippen molar-refractivity contribution in [2.45, 2.75) is 13.5 Å². The molecule has 7 nitrogen and oxygen atoms in total. The summed E-state index contributed by atoms with van der Waals surface area (Å²) in [6.07, 6.45) is 1.38. The van der Waals surface area contributed by atoms with Gasteiger partial charge in [0.2, 0.25) is 0 Å². The molecule has 0 unspecified atom stereocenters. The molecule has 0 radical (unpaired) electrons. The van der Waals surface area contributed by atoms with Crippen molar-refractivity contribution in [3.05, 3.63) is 69.4 Å². The van der Waals surface area contributed by atoms with Crippen LogP contribution in [0.1, 0.15) is 21.7 Å². The maximum atomic E-state index is 13.7. The van der Waals surface area contributed by atoms with Crippen LogP contribution in [-0.2, 0) is 6.54 Å². The van der Waals surface area contributed by atoms with Gasteiger partial charge in [0.15, 0.2) is 5.82 Å². The van der Waals surface area contributed by atoms with Crippen molar-refractivity contribution in [3.8, 4) is 11.5 Å². The molecule has 0 saturated heterocycles. The number of carboxylic acid groups (broad SMARTS) is 1. The highest BCUT2D eigenvalue weighted by atomic mass is 19.1. The molecule has 2 heterocycles. The van der Waals surface area contributed by atoms with Gasteiger partial charge in [0, 0.05) is 6.20 Å². The smallest absolute Gasteiger partial charge is 0.341 e. The van der Waals surface area contributed by atoms with Crippen LogP contribution in [0.5, 0.6) is 0 Å². The molecule has 9 heteroatoms. The molecular formula is C16H11F2N3O4. The van der Waals surface area contributed by atoms with E-state index < -0.39 is 28.7 Å². The lowest BCUT2D eigenvalue weighted by Crippen LogP contribution is -2.27. The molecule has 0 aliphatic heterocycles. The van der Waals surface area contributed by atoms with E-state index >= 15 is 0 Å². The summed E-state index contributed by atoms with van der Waals surface area (Å²) < 4.78 is 33.4. The molecule has 1 aromatic carbocycles. The number of hydrogen-bond acceptors (Lipinski definition) is 5. The monoisotopic (exact) mass is 347 g/mol. The Morgan fingerprint density at radius 1 is 1.28 bits per heavy atom. The Labute approximate surface area is 139 Å². The van der Waals surface area contributed by atoms with Gasteiger partial charge in [0.05, 0.1) is 6.54 Å². The van der Waals surface area contributed by atoms with Gasteiger partial charge in [-0.3, -0.25) is 4.79 Å². The number of aromatic nitrogens is 3. The summed E-state index contributed by atoms with van der Waals surface area (Å²) in [5.74, 6) is -3.48. The van der Waals surface area contributed by atoms with E-state index in [1.165, 1.54) is 25.3 Å². The molecule has 0 aliphatic carbocycles. The summed E-state index contributed by atoms with van der Waals surface area (Å²) in [4.78, 5) is 27.2. The zero-order valence-corrected chi connectivity index (χ0v) is 12.9. The highest BCUT2D eigenvalue weighted by Gasteiger charge is 2.19. The van der Waals surface area contributed by atoms with Crippen LogP contribution in [0.3, 0.4) is 0 Å². The number of carboxylic acids is 1. The molecule has 0 spiro atoms. The van der Waals surface area contributed by atoms with Gasteiger partial charge in [-0.25, -0.2) is 13.6 Å². The van der Waals surface area contributed by atoms with Crippen LogP contribution in [0.2, 0.25) is 0 Å². The lowest BCUT2D eigenvalue weighted by molar-refractivity contribution is 0.0693. The number of pyridine rings is 1. The third kappa shape index (κ3) is 3.03. The van der Waals surface area contributed by atoms with Crippen LogP contribution in [0, 0.1) is 18.6 Å². The fourth-order valence-electron chi connectivity index (χ4n) is 2.32. The molecule has 3 rings (SSSR count). The first kappa shape index (κ1) is 16.5. The molecule has 0 fully saturated rings. The number of halogens is 2. The minimum absolute atomic E-state index is 0.0278. The lowest BCUT2D eigenvalue weighted by atomic mass is 10.1. The minimum Gasteiger partial charge on any atom is -0.477 e. The van der Waals surface area contributed by atoms with Crippen molar-refractivity contribution >= 4 is 5.97 Å². The molecule has 1 N–H and O–H groups in total. The van der Waals surface area contributed by atoms with Gasteiger partial charge in [0.25, 0.3) is 11.4 Å². The quantitative estimate of drug-likeness (QED) is 0.777. The second-order valence-corrected chi connectivity index (χ2v) is 5.22. The molecular weight excluding hydrogens is 336 g/mol. The van der Waals surface area contributed by atoms with Crippen LogP contribution >= 0.6 is 0 Å². The number of carbonyl (C=O) groups is 1. The van der Waals surface area contributed by atoms with E-state index in [-0.39, 0.29) is 23.8 Å². The summed E-state index contributed by atoms with van der Waals surface area (Å²) >= 11 is 0. The Morgan fingerprint density at radius 2 is 1.96 bits per heavy atom.